The molecule has 15 heteroatoms. The molecule has 0 radical (unpaired) electrons. The quantitative estimate of drug-likeness (QED) is 0.0982. The van der Waals surface area contributed by atoms with Gasteiger partial charge in [-0.3, -0.25) is 19.2 Å². The van der Waals surface area contributed by atoms with Crippen molar-refractivity contribution in [2.24, 2.45) is 11.5 Å². The van der Waals surface area contributed by atoms with Crippen molar-refractivity contribution in [2.45, 2.75) is 49.9 Å². The van der Waals surface area contributed by atoms with Gasteiger partial charge in [0.1, 0.15) is 18.1 Å². The number of carbonyl (C=O) groups is 5. The van der Waals surface area contributed by atoms with E-state index in [4.69, 9.17) is 11.5 Å². The molecule has 0 aliphatic rings. The zero-order valence-electron chi connectivity index (χ0n) is 21.4. The fourth-order valence-electron chi connectivity index (χ4n) is 4.02. The highest BCUT2D eigenvalue weighted by Gasteiger charge is 2.31. The van der Waals surface area contributed by atoms with Gasteiger partial charge in [0.15, 0.2) is 0 Å². The molecule has 4 amide bonds. The Kier molecular flexibility index (Phi) is 10.3. The molecule has 1 aromatic carbocycles. The first kappa shape index (κ1) is 29.8. The van der Waals surface area contributed by atoms with E-state index in [1.54, 1.807) is 12.3 Å². The maximum Gasteiger partial charge on any atom is 0.326 e. The monoisotopic (exact) mass is 556 g/mol. The summed E-state index contributed by atoms with van der Waals surface area (Å²) in [5.74, 6) is -4.60. The Hall–Kier alpha value is -4.76. The number of hydrogen-bond acceptors (Lipinski definition) is 8. The van der Waals surface area contributed by atoms with E-state index < -0.39 is 60.4 Å². The molecule has 0 bridgehead atoms. The topological polar surface area (TPSA) is 258 Å². The maximum atomic E-state index is 13.2. The van der Waals surface area contributed by atoms with Crippen LogP contribution in [0.1, 0.15) is 24.1 Å². The molecule has 11 N–H and O–H groups in total. The van der Waals surface area contributed by atoms with E-state index in [1.165, 1.54) is 12.5 Å². The standard InChI is InChI=1S/C25H32N8O7/c26-16(8-14-10-28-12-30-14)22(36)33-20(11-34)24(38)32-19(7-13-9-29-17-4-2-1-3-15(13)17)23(37)31-18(25(39)40)5-6-21(27)35/h1-4,9-10,12,16,18-20,29,34H,5-8,11,26H2,(H2,27,35)(H,28,30)(H,31,37)(H,32,38)(H,33,36)(H,39,40). The van der Waals surface area contributed by atoms with Gasteiger partial charge in [0.25, 0.3) is 0 Å². The molecule has 4 unspecified atom stereocenters. The lowest BCUT2D eigenvalue weighted by atomic mass is 10.0. The van der Waals surface area contributed by atoms with Gasteiger partial charge in [-0.15, -0.1) is 0 Å². The second kappa shape index (κ2) is 13.9. The number of para-hydroxylation sites is 1. The Balaban J connectivity index is 1.76. The van der Waals surface area contributed by atoms with Crippen molar-refractivity contribution in [2.75, 3.05) is 6.61 Å². The van der Waals surface area contributed by atoms with Gasteiger partial charge in [0.05, 0.1) is 19.0 Å². The molecule has 214 valence electrons. The third-order valence-corrected chi connectivity index (χ3v) is 6.17. The summed E-state index contributed by atoms with van der Waals surface area (Å²) in [6.45, 7) is -0.799. The first-order valence-corrected chi connectivity index (χ1v) is 12.4. The molecule has 4 atom stereocenters. The zero-order chi connectivity index (χ0) is 29.2. The van der Waals surface area contributed by atoms with Gasteiger partial charge in [-0.2, -0.15) is 0 Å². The van der Waals surface area contributed by atoms with Crippen LogP contribution in [-0.4, -0.2) is 85.5 Å². The number of imidazole rings is 1. The number of carbonyl (C=O) groups excluding carboxylic acids is 4. The van der Waals surface area contributed by atoms with Crippen LogP contribution in [0.5, 0.6) is 0 Å². The Morgan fingerprint density at radius 3 is 2.25 bits per heavy atom. The fourth-order valence-corrected chi connectivity index (χ4v) is 4.02. The van der Waals surface area contributed by atoms with Gasteiger partial charge in [-0.05, 0) is 18.1 Å². The largest absolute Gasteiger partial charge is 0.480 e. The molecule has 2 heterocycles. The summed E-state index contributed by atoms with van der Waals surface area (Å²) in [4.78, 5) is 71.4. The van der Waals surface area contributed by atoms with Gasteiger partial charge < -0.3 is 47.6 Å². The molecule has 0 saturated carbocycles. The molecule has 0 saturated heterocycles. The van der Waals surface area contributed by atoms with Crippen LogP contribution in [0.4, 0.5) is 0 Å². The molecule has 2 aromatic heterocycles. The summed E-state index contributed by atoms with van der Waals surface area (Å²) in [5.41, 5.74) is 13.0. The van der Waals surface area contributed by atoms with E-state index >= 15 is 0 Å². The highest BCUT2D eigenvalue weighted by molar-refractivity contribution is 5.95. The number of rotatable bonds is 15. The van der Waals surface area contributed by atoms with E-state index in [9.17, 15) is 34.2 Å². The van der Waals surface area contributed by atoms with Gasteiger partial charge in [0.2, 0.25) is 23.6 Å². The predicted octanol–water partition coefficient (Wildman–Crippen LogP) is -2.20. The number of hydrogen-bond donors (Lipinski definition) is 9. The molecular weight excluding hydrogens is 524 g/mol. The summed E-state index contributed by atoms with van der Waals surface area (Å²) in [7, 11) is 0. The Labute approximate surface area is 228 Å². The van der Waals surface area contributed by atoms with Gasteiger partial charge in [-0.1, -0.05) is 18.2 Å². The van der Waals surface area contributed by atoms with Crippen molar-refractivity contribution >= 4 is 40.5 Å². The van der Waals surface area contributed by atoms with E-state index in [-0.39, 0.29) is 25.7 Å². The zero-order valence-corrected chi connectivity index (χ0v) is 21.4. The molecule has 3 rings (SSSR count). The van der Waals surface area contributed by atoms with Crippen molar-refractivity contribution < 1.29 is 34.2 Å². The number of primary amides is 1. The molecule has 0 aliphatic heterocycles. The van der Waals surface area contributed by atoms with Crippen molar-refractivity contribution in [1.82, 2.24) is 30.9 Å². The third-order valence-electron chi connectivity index (χ3n) is 6.17. The molecule has 3 aromatic rings. The van der Waals surface area contributed by atoms with Crippen molar-refractivity contribution in [3.8, 4) is 0 Å². The third kappa shape index (κ3) is 8.12. The van der Waals surface area contributed by atoms with Crippen molar-refractivity contribution in [1.29, 1.82) is 0 Å². The first-order chi connectivity index (χ1) is 19.1. The van der Waals surface area contributed by atoms with Crippen molar-refractivity contribution in [3.63, 3.8) is 0 Å². The van der Waals surface area contributed by atoms with Crippen LogP contribution in [-0.2, 0) is 36.8 Å². The lowest BCUT2D eigenvalue weighted by Gasteiger charge is -2.24. The number of aromatic amines is 2. The van der Waals surface area contributed by atoms with Gasteiger partial charge in [0, 0.05) is 48.3 Å². The minimum atomic E-state index is -1.45. The number of nitrogens with zero attached hydrogens (tertiary/aromatic N) is 1. The minimum absolute atomic E-state index is 0.0603. The van der Waals surface area contributed by atoms with E-state index in [0.717, 1.165) is 10.9 Å². The minimum Gasteiger partial charge on any atom is -0.480 e. The van der Waals surface area contributed by atoms with Crippen LogP contribution < -0.4 is 27.4 Å². The number of fused-ring (bicyclic) bond motifs is 1. The second-order valence-corrected chi connectivity index (χ2v) is 9.16. The number of nitrogens with one attached hydrogen (secondary N) is 5. The van der Waals surface area contributed by atoms with Crippen LogP contribution in [0.2, 0.25) is 0 Å². The smallest absolute Gasteiger partial charge is 0.326 e. The van der Waals surface area contributed by atoms with Gasteiger partial charge in [-0.25, -0.2) is 9.78 Å². The van der Waals surface area contributed by atoms with Crippen LogP contribution in [0.15, 0.2) is 43.0 Å². The van der Waals surface area contributed by atoms with Crippen LogP contribution in [0.3, 0.4) is 0 Å². The average molecular weight is 557 g/mol. The number of nitrogens with two attached hydrogens (primary N) is 2. The highest BCUT2D eigenvalue weighted by Crippen LogP contribution is 2.19. The fraction of sp³-hybridized carbons (Fsp3) is 0.360. The number of H-pyrrole nitrogens is 2. The van der Waals surface area contributed by atoms with E-state index in [2.05, 4.69) is 30.9 Å². The van der Waals surface area contributed by atoms with Crippen LogP contribution in [0.25, 0.3) is 10.9 Å². The predicted molar refractivity (Wildman–Crippen MR) is 141 cm³/mol. The lowest BCUT2D eigenvalue weighted by molar-refractivity contribution is -0.142. The lowest BCUT2D eigenvalue weighted by Crippen LogP contribution is -2.58. The second-order valence-electron chi connectivity index (χ2n) is 9.16. The van der Waals surface area contributed by atoms with Crippen molar-refractivity contribution in [3.05, 3.63) is 54.2 Å². The summed E-state index contributed by atoms with van der Waals surface area (Å²) in [6.07, 6.45) is 4.06. The molecule has 15 nitrogen and oxygen atoms in total. The summed E-state index contributed by atoms with van der Waals surface area (Å²) < 4.78 is 0. The number of aliphatic hydroxyl groups is 1. The maximum absolute atomic E-state index is 13.2. The summed E-state index contributed by atoms with van der Waals surface area (Å²) in [6, 6.07) is 1.96. The SMILES string of the molecule is NC(=O)CCC(NC(=O)C(Cc1c[nH]c2ccccc12)NC(=O)C(CO)NC(=O)C(N)Cc1cnc[nH]1)C(=O)O. The number of carboxylic acids is 1. The van der Waals surface area contributed by atoms with Crippen LogP contribution >= 0.6 is 0 Å². The number of benzene rings is 1. The normalized spacial score (nSPS) is 14.1. The number of amides is 4. The Morgan fingerprint density at radius 1 is 0.925 bits per heavy atom. The van der Waals surface area contributed by atoms with E-state index in [1.807, 2.05) is 18.2 Å². The molecule has 0 fully saturated rings. The number of aliphatic hydroxyl groups excluding tert-OH is 1. The number of aromatic nitrogens is 3. The van der Waals surface area contributed by atoms with Gasteiger partial charge >= 0.3 is 5.97 Å². The first-order valence-electron chi connectivity index (χ1n) is 12.4. The summed E-state index contributed by atoms with van der Waals surface area (Å²) >= 11 is 0. The molecule has 0 spiro atoms. The Bertz CT molecular complexity index is 1340. The number of carboxylic acid groups (broad SMARTS) is 1. The number of aliphatic carboxylic acids is 1. The summed E-state index contributed by atoms with van der Waals surface area (Å²) in [5, 5.41) is 27.3. The molecule has 0 aliphatic carbocycles. The Morgan fingerprint density at radius 2 is 1.60 bits per heavy atom. The average Bonchev–Trinajstić information content (AvgIpc) is 3.58. The molecular formula is C25H32N8O7. The molecule has 40 heavy (non-hydrogen) atoms. The van der Waals surface area contributed by atoms with Crippen LogP contribution in [0, 0.1) is 0 Å². The van der Waals surface area contributed by atoms with E-state index in [0.29, 0.717) is 11.3 Å². The highest BCUT2D eigenvalue weighted by atomic mass is 16.4.